The Morgan fingerprint density at radius 1 is 1.08 bits per heavy atom. The third kappa shape index (κ3) is 6.74. The predicted octanol–water partition coefficient (Wildman–Crippen LogP) is 2.60. The molecule has 2 amide bonds. The van der Waals surface area contributed by atoms with E-state index < -0.39 is 0 Å². The standard InChI is InChI=1S/C19H23N3O3.ClH/c1-22(2)19(24)13-25-16-10-8-15(9-11-16)21-18(23)12-17(20)14-6-4-3-5-7-14;/h3-11,17H,12-13,20H2,1-2H3,(H,21,23);1H. The van der Waals surface area contributed by atoms with Crippen molar-refractivity contribution in [3.05, 3.63) is 60.2 Å². The zero-order valence-electron chi connectivity index (χ0n) is 14.8. The summed E-state index contributed by atoms with van der Waals surface area (Å²) in [7, 11) is 3.34. The summed E-state index contributed by atoms with van der Waals surface area (Å²) in [4.78, 5) is 25.0. The Morgan fingerprint density at radius 3 is 2.27 bits per heavy atom. The third-order valence-electron chi connectivity index (χ3n) is 3.63. The number of ether oxygens (including phenoxy) is 1. The van der Waals surface area contributed by atoms with E-state index in [1.54, 1.807) is 38.4 Å². The lowest BCUT2D eigenvalue weighted by Gasteiger charge is -2.13. The van der Waals surface area contributed by atoms with Crippen molar-refractivity contribution < 1.29 is 14.3 Å². The molecule has 0 spiro atoms. The van der Waals surface area contributed by atoms with Crippen LogP contribution in [0.2, 0.25) is 0 Å². The number of anilines is 1. The van der Waals surface area contributed by atoms with Crippen LogP contribution in [0.1, 0.15) is 18.0 Å². The molecule has 140 valence electrons. The minimum Gasteiger partial charge on any atom is -0.484 e. The number of hydrogen-bond acceptors (Lipinski definition) is 4. The molecular formula is C19H24ClN3O3. The van der Waals surface area contributed by atoms with E-state index in [-0.39, 0.29) is 43.3 Å². The molecule has 0 bridgehead atoms. The van der Waals surface area contributed by atoms with Crippen molar-refractivity contribution in [3.63, 3.8) is 0 Å². The summed E-state index contributed by atoms with van der Waals surface area (Å²) in [5.74, 6) is 0.286. The SMILES string of the molecule is CN(C)C(=O)COc1ccc(NC(=O)CC(N)c2ccccc2)cc1.Cl. The van der Waals surface area contributed by atoms with E-state index in [9.17, 15) is 9.59 Å². The van der Waals surface area contributed by atoms with Gasteiger partial charge in [-0.25, -0.2) is 0 Å². The number of nitrogens with two attached hydrogens (primary N) is 1. The first-order valence-corrected chi connectivity index (χ1v) is 7.99. The monoisotopic (exact) mass is 377 g/mol. The Labute approximate surface area is 159 Å². The van der Waals surface area contributed by atoms with Gasteiger partial charge in [-0.05, 0) is 29.8 Å². The molecule has 2 rings (SSSR count). The molecule has 3 N–H and O–H groups in total. The average molecular weight is 378 g/mol. The fraction of sp³-hybridized carbons (Fsp3) is 0.263. The van der Waals surface area contributed by atoms with E-state index in [2.05, 4.69) is 5.32 Å². The second-order valence-corrected chi connectivity index (χ2v) is 5.87. The van der Waals surface area contributed by atoms with Gasteiger partial charge in [0, 0.05) is 32.2 Å². The van der Waals surface area contributed by atoms with Gasteiger partial charge in [-0.15, -0.1) is 12.4 Å². The maximum atomic E-state index is 12.1. The number of carbonyl (C=O) groups is 2. The second-order valence-electron chi connectivity index (χ2n) is 5.87. The van der Waals surface area contributed by atoms with Gasteiger partial charge in [0.05, 0.1) is 0 Å². The number of rotatable bonds is 7. The van der Waals surface area contributed by atoms with Crippen molar-refractivity contribution in [3.8, 4) is 5.75 Å². The predicted molar refractivity (Wildman–Crippen MR) is 104 cm³/mol. The van der Waals surface area contributed by atoms with Gasteiger partial charge in [-0.1, -0.05) is 30.3 Å². The molecule has 0 fully saturated rings. The normalized spacial score (nSPS) is 11.0. The number of halogens is 1. The first-order valence-electron chi connectivity index (χ1n) is 7.99. The molecule has 0 heterocycles. The maximum absolute atomic E-state index is 12.1. The van der Waals surface area contributed by atoms with Crippen molar-refractivity contribution in [2.75, 3.05) is 26.0 Å². The molecule has 6 nitrogen and oxygen atoms in total. The van der Waals surface area contributed by atoms with Crippen LogP contribution in [-0.4, -0.2) is 37.4 Å². The fourth-order valence-corrected chi connectivity index (χ4v) is 2.14. The molecule has 1 unspecified atom stereocenters. The van der Waals surface area contributed by atoms with Crippen LogP contribution in [0.25, 0.3) is 0 Å². The van der Waals surface area contributed by atoms with E-state index in [1.165, 1.54) is 4.90 Å². The first kappa shape index (κ1) is 21.5. The Balaban J connectivity index is 0.00000338. The summed E-state index contributed by atoms with van der Waals surface area (Å²) in [6.07, 6.45) is 0.194. The molecule has 0 aliphatic rings. The minimum atomic E-state index is -0.346. The van der Waals surface area contributed by atoms with E-state index in [1.807, 2.05) is 30.3 Å². The van der Waals surface area contributed by atoms with Gasteiger partial charge in [-0.2, -0.15) is 0 Å². The lowest BCUT2D eigenvalue weighted by molar-refractivity contribution is -0.130. The minimum absolute atomic E-state index is 0. The maximum Gasteiger partial charge on any atom is 0.259 e. The molecule has 0 aromatic heterocycles. The summed E-state index contributed by atoms with van der Waals surface area (Å²) in [5.41, 5.74) is 7.62. The van der Waals surface area contributed by atoms with Crippen LogP contribution in [0.5, 0.6) is 5.75 Å². The van der Waals surface area contributed by atoms with E-state index in [0.29, 0.717) is 11.4 Å². The molecule has 7 heteroatoms. The van der Waals surface area contributed by atoms with Crippen LogP contribution >= 0.6 is 12.4 Å². The largest absolute Gasteiger partial charge is 0.484 e. The molecule has 0 aliphatic carbocycles. The van der Waals surface area contributed by atoms with Gasteiger partial charge in [-0.3, -0.25) is 9.59 Å². The Bertz CT molecular complexity index is 706. The number of carbonyl (C=O) groups excluding carboxylic acids is 2. The van der Waals surface area contributed by atoms with Crippen LogP contribution in [0.4, 0.5) is 5.69 Å². The molecule has 1 atom stereocenters. The van der Waals surface area contributed by atoms with E-state index >= 15 is 0 Å². The second kappa shape index (κ2) is 10.4. The van der Waals surface area contributed by atoms with Crippen molar-refractivity contribution in [1.29, 1.82) is 0 Å². The Hall–Kier alpha value is -2.57. The molecule has 0 saturated carbocycles. The van der Waals surface area contributed by atoms with Gasteiger partial charge >= 0.3 is 0 Å². The van der Waals surface area contributed by atoms with Gasteiger partial charge in [0.25, 0.3) is 5.91 Å². The molecular weight excluding hydrogens is 354 g/mol. The average Bonchev–Trinajstić information content (AvgIpc) is 2.61. The lowest BCUT2D eigenvalue weighted by atomic mass is 10.0. The van der Waals surface area contributed by atoms with E-state index in [4.69, 9.17) is 10.5 Å². The molecule has 0 saturated heterocycles. The van der Waals surface area contributed by atoms with Gasteiger partial charge in [0.1, 0.15) is 5.75 Å². The highest BCUT2D eigenvalue weighted by Gasteiger charge is 2.11. The van der Waals surface area contributed by atoms with Crippen LogP contribution in [0.3, 0.4) is 0 Å². The number of hydrogen-bond donors (Lipinski definition) is 2. The highest BCUT2D eigenvalue weighted by atomic mass is 35.5. The summed E-state index contributed by atoms with van der Waals surface area (Å²) < 4.78 is 5.39. The molecule has 0 aliphatic heterocycles. The first-order chi connectivity index (χ1) is 12.0. The highest BCUT2D eigenvalue weighted by Crippen LogP contribution is 2.18. The van der Waals surface area contributed by atoms with Crippen molar-refractivity contribution in [2.24, 2.45) is 5.73 Å². The zero-order chi connectivity index (χ0) is 18.2. The Morgan fingerprint density at radius 2 is 1.69 bits per heavy atom. The number of amides is 2. The van der Waals surface area contributed by atoms with Gasteiger partial charge in [0.2, 0.25) is 5.91 Å². The Kier molecular flexibility index (Phi) is 8.61. The molecule has 26 heavy (non-hydrogen) atoms. The fourth-order valence-electron chi connectivity index (χ4n) is 2.14. The summed E-state index contributed by atoms with van der Waals surface area (Å²) in [5, 5.41) is 2.80. The quantitative estimate of drug-likeness (QED) is 0.776. The number of benzene rings is 2. The smallest absolute Gasteiger partial charge is 0.259 e. The van der Waals surface area contributed by atoms with Crippen molar-refractivity contribution in [1.82, 2.24) is 4.90 Å². The topological polar surface area (TPSA) is 84.7 Å². The highest BCUT2D eigenvalue weighted by molar-refractivity contribution is 5.91. The number of likely N-dealkylation sites (N-methyl/N-ethyl adjacent to an activating group) is 1. The van der Waals surface area contributed by atoms with Crippen LogP contribution in [0, 0.1) is 0 Å². The van der Waals surface area contributed by atoms with Crippen molar-refractivity contribution >= 4 is 29.9 Å². The van der Waals surface area contributed by atoms with Gasteiger partial charge < -0.3 is 20.7 Å². The van der Waals surface area contributed by atoms with E-state index in [0.717, 1.165) is 5.56 Å². The van der Waals surface area contributed by atoms with Crippen LogP contribution in [-0.2, 0) is 9.59 Å². The summed E-state index contributed by atoms with van der Waals surface area (Å²) >= 11 is 0. The summed E-state index contributed by atoms with van der Waals surface area (Å²) in [6, 6.07) is 16.0. The van der Waals surface area contributed by atoms with Gasteiger partial charge in [0.15, 0.2) is 6.61 Å². The molecule has 0 radical (unpaired) electrons. The lowest BCUT2D eigenvalue weighted by Crippen LogP contribution is -2.27. The zero-order valence-corrected chi connectivity index (χ0v) is 15.7. The summed E-state index contributed by atoms with van der Waals surface area (Å²) in [6.45, 7) is -0.0232. The number of nitrogens with zero attached hydrogens (tertiary/aromatic N) is 1. The van der Waals surface area contributed by atoms with Crippen molar-refractivity contribution in [2.45, 2.75) is 12.5 Å². The molecule has 2 aromatic carbocycles. The third-order valence-corrected chi connectivity index (χ3v) is 3.63. The molecule has 2 aromatic rings. The van der Waals surface area contributed by atoms with Crippen LogP contribution < -0.4 is 15.8 Å². The van der Waals surface area contributed by atoms with Crippen LogP contribution in [0.15, 0.2) is 54.6 Å². The number of nitrogens with one attached hydrogen (secondary N) is 1.